The Balaban J connectivity index is 1.44. The van der Waals surface area contributed by atoms with Crippen molar-refractivity contribution < 1.29 is 22.7 Å². The quantitative estimate of drug-likeness (QED) is 0.356. The zero-order valence-corrected chi connectivity index (χ0v) is 22.1. The van der Waals surface area contributed by atoms with Gasteiger partial charge in [0.15, 0.2) is 0 Å². The zero-order valence-electron chi connectivity index (χ0n) is 22.1. The van der Waals surface area contributed by atoms with E-state index in [0.717, 1.165) is 41.1 Å². The molecule has 210 valence electrons. The number of fused-ring (bicyclic) bond motifs is 1. The number of aryl methyl sites for hydroxylation is 1. The molecule has 4 aromatic rings. The van der Waals surface area contributed by atoms with Gasteiger partial charge >= 0.3 is 18.0 Å². The summed E-state index contributed by atoms with van der Waals surface area (Å²) < 4.78 is 51.8. The third kappa shape index (κ3) is 4.44. The molecular formula is C28H29F3N6O3. The van der Waals surface area contributed by atoms with Crippen LogP contribution in [0.4, 0.5) is 18.0 Å². The van der Waals surface area contributed by atoms with E-state index in [1.165, 1.54) is 29.0 Å². The van der Waals surface area contributed by atoms with Crippen LogP contribution in [0.2, 0.25) is 0 Å². The molecule has 0 N–H and O–H groups in total. The molecule has 4 heterocycles. The second kappa shape index (κ2) is 9.83. The Hall–Kier alpha value is -4.09. The predicted molar refractivity (Wildman–Crippen MR) is 140 cm³/mol. The van der Waals surface area contributed by atoms with Crippen LogP contribution in [0.3, 0.4) is 0 Å². The summed E-state index contributed by atoms with van der Waals surface area (Å²) in [6.45, 7) is 0.588. The van der Waals surface area contributed by atoms with Crippen molar-refractivity contribution in [3.8, 4) is 5.69 Å². The Morgan fingerprint density at radius 1 is 1.15 bits per heavy atom. The predicted octanol–water partition coefficient (Wildman–Crippen LogP) is 4.73. The first-order valence-corrected chi connectivity index (χ1v) is 13.3. The molecular weight excluding hydrogens is 525 g/mol. The van der Waals surface area contributed by atoms with Gasteiger partial charge in [-0.1, -0.05) is 18.6 Å². The summed E-state index contributed by atoms with van der Waals surface area (Å²) in [7, 11) is 3.16. The number of hydrogen-bond acceptors (Lipinski definition) is 5. The van der Waals surface area contributed by atoms with Gasteiger partial charge in [0.25, 0.3) is 0 Å². The van der Waals surface area contributed by atoms with Crippen molar-refractivity contribution in [2.24, 2.45) is 13.0 Å². The first-order valence-electron chi connectivity index (χ1n) is 13.3. The lowest BCUT2D eigenvalue weighted by Gasteiger charge is -2.33. The molecule has 9 nitrogen and oxygen atoms in total. The van der Waals surface area contributed by atoms with Crippen LogP contribution in [0.1, 0.15) is 60.0 Å². The first-order chi connectivity index (χ1) is 19.2. The number of benzene rings is 1. The maximum atomic E-state index is 14.3. The average molecular weight is 555 g/mol. The van der Waals surface area contributed by atoms with E-state index in [4.69, 9.17) is 4.74 Å². The van der Waals surface area contributed by atoms with Gasteiger partial charge in [0.05, 0.1) is 23.9 Å². The second-order valence-corrected chi connectivity index (χ2v) is 10.7. The van der Waals surface area contributed by atoms with Crippen LogP contribution >= 0.6 is 0 Å². The standard InChI is InChI=1S/C28H29F3N6O3/c1-34-16-32-33-25(34)24(17-5-3-6-17)18-7-4-8-21(11-18)36-15-23-22(28(29,30)31)12-20(14-37(23)26(36)38)19-9-10-35(13-19)27(39)40-2/h4,7-8,11-12,14-17,19,24H,3,5-6,9-10,13H2,1-2H3/t19?,24-/m1/s1. The van der Waals surface area contributed by atoms with Crippen molar-refractivity contribution in [2.45, 2.75) is 43.7 Å². The van der Waals surface area contributed by atoms with Gasteiger partial charge in [0, 0.05) is 44.4 Å². The zero-order chi connectivity index (χ0) is 28.2. The number of alkyl halides is 3. The highest BCUT2D eigenvalue weighted by Gasteiger charge is 2.37. The summed E-state index contributed by atoms with van der Waals surface area (Å²) in [5, 5.41) is 8.39. The maximum absolute atomic E-state index is 14.3. The van der Waals surface area contributed by atoms with Crippen molar-refractivity contribution >= 4 is 11.6 Å². The molecule has 0 radical (unpaired) electrons. The van der Waals surface area contributed by atoms with Gasteiger partial charge < -0.3 is 14.2 Å². The third-order valence-corrected chi connectivity index (χ3v) is 8.34. The molecule has 0 bridgehead atoms. The van der Waals surface area contributed by atoms with E-state index >= 15 is 0 Å². The van der Waals surface area contributed by atoms with E-state index < -0.39 is 23.5 Å². The van der Waals surface area contributed by atoms with Crippen LogP contribution in [0, 0.1) is 5.92 Å². The van der Waals surface area contributed by atoms with Crippen LogP contribution in [0.25, 0.3) is 11.2 Å². The monoisotopic (exact) mass is 554 g/mol. The Labute approximate surface area is 227 Å². The summed E-state index contributed by atoms with van der Waals surface area (Å²) in [6.07, 6.45) is 2.87. The molecule has 3 aromatic heterocycles. The number of carbonyl (C=O) groups is 1. The number of rotatable bonds is 5. The molecule has 2 atom stereocenters. The number of carbonyl (C=O) groups excluding carboxylic acids is 1. The number of imidazole rings is 1. The van der Waals surface area contributed by atoms with E-state index in [1.807, 2.05) is 29.8 Å². The minimum Gasteiger partial charge on any atom is -0.453 e. The lowest BCUT2D eigenvalue weighted by Crippen LogP contribution is -2.28. The van der Waals surface area contributed by atoms with E-state index in [2.05, 4.69) is 10.2 Å². The van der Waals surface area contributed by atoms with Gasteiger partial charge in [-0.2, -0.15) is 13.2 Å². The molecule has 2 fully saturated rings. The highest BCUT2D eigenvalue weighted by atomic mass is 19.4. The van der Waals surface area contributed by atoms with Gasteiger partial charge in [0.1, 0.15) is 12.2 Å². The minimum absolute atomic E-state index is 0.0357. The van der Waals surface area contributed by atoms with E-state index in [9.17, 15) is 22.8 Å². The van der Waals surface area contributed by atoms with Crippen LogP contribution in [0.5, 0.6) is 0 Å². The SMILES string of the molecule is COC(=O)N1CCC(c2cc(C(F)(F)F)c3cn(-c4cccc([C@H](c5nncn5C)C5CCC5)c4)c(=O)n3c2)C1. The first kappa shape index (κ1) is 26.1. The van der Waals surface area contributed by atoms with Crippen LogP contribution in [0.15, 0.2) is 53.8 Å². The number of ether oxygens (including phenoxy) is 1. The van der Waals surface area contributed by atoms with Gasteiger partial charge in [0.2, 0.25) is 0 Å². The summed E-state index contributed by atoms with van der Waals surface area (Å²) >= 11 is 0. The fourth-order valence-electron chi connectivity index (χ4n) is 6.02. The molecule has 6 rings (SSSR count). The van der Waals surface area contributed by atoms with Crippen LogP contribution in [-0.2, 0) is 18.0 Å². The normalized spacial score (nSPS) is 18.7. The van der Waals surface area contributed by atoms with Gasteiger partial charge in [-0.25, -0.2) is 9.59 Å². The van der Waals surface area contributed by atoms with Gasteiger partial charge in [-0.15, -0.1) is 10.2 Å². The van der Waals surface area contributed by atoms with Gasteiger partial charge in [-0.3, -0.25) is 8.97 Å². The topological polar surface area (TPSA) is 86.7 Å². The molecule has 2 aliphatic rings. The molecule has 1 aliphatic carbocycles. The summed E-state index contributed by atoms with van der Waals surface area (Å²) in [5.74, 6) is 0.806. The average Bonchev–Trinajstić information content (AvgIpc) is 3.64. The Bertz CT molecular complexity index is 1630. The van der Waals surface area contributed by atoms with Crippen LogP contribution in [-0.4, -0.2) is 54.9 Å². The smallest absolute Gasteiger partial charge is 0.418 e. The summed E-state index contributed by atoms with van der Waals surface area (Å²) in [6, 6.07) is 8.46. The molecule has 1 saturated carbocycles. The van der Waals surface area contributed by atoms with Crippen molar-refractivity contribution in [3.63, 3.8) is 0 Å². The highest BCUT2D eigenvalue weighted by Crippen LogP contribution is 2.43. The molecule has 1 aliphatic heterocycles. The molecule has 12 heteroatoms. The fraction of sp³-hybridized carbons (Fsp3) is 0.429. The number of likely N-dealkylation sites (tertiary alicyclic amines) is 1. The van der Waals surface area contributed by atoms with Crippen LogP contribution < -0.4 is 5.69 Å². The van der Waals surface area contributed by atoms with Crippen molar-refractivity contribution in [1.29, 1.82) is 0 Å². The number of amides is 1. The molecule has 1 unspecified atom stereocenters. The Morgan fingerprint density at radius 3 is 2.60 bits per heavy atom. The van der Waals surface area contributed by atoms with Gasteiger partial charge in [-0.05, 0) is 54.5 Å². The lowest BCUT2D eigenvalue weighted by atomic mass is 9.72. The third-order valence-electron chi connectivity index (χ3n) is 8.34. The van der Waals surface area contributed by atoms with E-state index in [0.29, 0.717) is 30.1 Å². The van der Waals surface area contributed by atoms with Crippen molar-refractivity contribution in [2.75, 3.05) is 20.2 Å². The summed E-state index contributed by atoms with van der Waals surface area (Å²) in [5.41, 5.74) is 0.0581. The molecule has 1 amide bonds. The van der Waals surface area contributed by atoms with E-state index in [-0.39, 0.29) is 23.9 Å². The number of methoxy groups -OCH3 is 1. The molecule has 40 heavy (non-hydrogen) atoms. The minimum atomic E-state index is -4.68. The van der Waals surface area contributed by atoms with Crippen molar-refractivity contribution in [1.82, 2.24) is 28.6 Å². The van der Waals surface area contributed by atoms with Crippen molar-refractivity contribution in [3.05, 3.63) is 82.1 Å². The number of aromatic nitrogens is 5. The number of nitrogens with zero attached hydrogens (tertiary/aromatic N) is 6. The Morgan fingerprint density at radius 2 is 1.95 bits per heavy atom. The van der Waals surface area contributed by atoms with E-state index in [1.54, 1.807) is 12.4 Å². The Kier molecular flexibility index (Phi) is 6.42. The lowest BCUT2D eigenvalue weighted by molar-refractivity contribution is -0.136. The summed E-state index contributed by atoms with van der Waals surface area (Å²) in [4.78, 5) is 27.0. The number of halogens is 3. The highest BCUT2D eigenvalue weighted by molar-refractivity contribution is 5.68. The molecule has 1 aromatic carbocycles. The maximum Gasteiger partial charge on any atom is 0.418 e. The number of hydrogen-bond donors (Lipinski definition) is 0. The largest absolute Gasteiger partial charge is 0.453 e. The molecule has 0 spiro atoms. The molecule has 1 saturated heterocycles. The second-order valence-electron chi connectivity index (χ2n) is 10.7. The fourth-order valence-corrected chi connectivity index (χ4v) is 6.02. The number of pyridine rings is 1.